The number of methoxy groups -OCH3 is 1. The summed E-state index contributed by atoms with van der Waals surface area (Å²) in [4.78, 5) is 13.1. The third-order valence-corrected chi connectivity index (χ3v) is 7.88. The lowest BCUT2D eigenvalue weighted by Gasteiger charge is -2.17. The van der Waals surface area contributed by atoms with E-state index in [9.17, 15) is 4.79 Å². The van der Waals surface area contributed by atoms with Crippen molar-refractivity contribution in [3.05, 3.63) is 99.3 Å². The van der Waals surface area contributed by atoms with Crippen LogP contribution >= 0.6 is 35.0 Å². The summed E-state index contributed by atoms with van der Waals surface area (Å²) in [5, 5.41) is 13.7. The van der Waals surface area contributed by atoms with Gasteiger partial charge in [0.15, 0.2) is 11.0 Å². The smallest absolute Gasteiger partial charge is 0.251 e. The Hall–Kier alpha value is -3.00. The first-order chi connectivity index (χ1) is 18.9. The minimum Gasteiger partial charge on any atom is -0.497 e. The molecule has 3 aromatic carbocycles. The number of rotatable bonds is 12. The minimum atomic E-state index is -0.449. The number of thioether (sulfide) groups is 1. The third-order valence-electron chi connectivity index (χ3n) is 6.33. The van der Waals surface area contributed by atoms with E-state index < -0.39 is 6.04 Å². The van der Waals surface area contributed by atoms with E-state index in [1.54, 1.807) is 25.3 Å². The summed E-state index contributed by atoms with van der Waals surface area (Å²) in [5.74, 6) is 1.80. The molecule has 0 saturated carbocycles. The maximum Gasteiger partial charge on any atom is 0.251 e. The average Bonchev–Trinajstić information content (AvgIpc) is 3.37. The number of halogens is 2. The van der Waals surface area contributed by atoms with E-state index in [4.69, 9.17) is 27.9 Å². The van der Waals surface area contributed by atoms with Crippen molar-refractivity contribution in [2.75, 3.05) is 7.11 Å². The monoisotopic (exact) mass is 582 g/mol. The Morgan fingerprint density at radius 3 is 2.56 bits per heavy atom. The molecule has 1 atom stereocenters. The van der Waals surface area contributed by atoms with E-state index in [1.165, 1.54) is 30.2 Å². The van der Waals surface area contributed by atoms with Crippen LogP contribution in [0.15, 0.2) is 71.9 Å². The SMILES string of the molecule is CCCCCc1ccc(C(=O)NC(C)c2nnc(SCc3cccc(OC)c3)n2-c2cc(Cl)ccc2Cl)cc1. The fraction of sp³-hybridized carbons (Fsp3) is 0.300. The van der Waals surface area contributed by atoms with Crippen molar-refractivity contribution < 1.29 is 9.53 Å². The topological polar surface area (TPSA) is 69.0 Å². The van der Waals surface area contributed by atoms with Crippen LogP contribution in [0.1, 0.15) is 66.5 Å². The Morgan fingerprint density at radius 2 is 1.82 bits per heavy atom. The predicted octanol–water partition coefficient (Wildman–Crippen LogP) is 8.10. The van der Waals surface area contributed by atoms with Crippen LogP contribution in [-0.4, -0.2) is 27.8 Å². The van der Waals surface area contributed by atoms with Gasteiger partial charge < -0.3 is 10.1 Å². The molecule has 39 heavy (non-hydrogen) atoms. The number of nitrogens with one attached hydrogen (secondary N) is 1. The summed E-state index contributed by atoms with van der Waals surface area (Å²) < 4.78 is 7.21. The van der Waals surface area contributed by atoms with E-state index >= 15 is 0 Å². The van der Waals surface area contributed by atoms with Crippen LogP contribution < -0.4 is 10.1 Å². The molecule has 0 bridgehead atoms. The molecule has 6 nitrogen and oxygen atoms in total. The molecule has 4 rings (SSSR count). The fourth-order valence-electron chi connectivity index (χ4n) is 4.20. The average molecular weight is 584 g/mol. The number of hydrogen-bond donors (Lipinski definition) is 1. The number of benzene rings is 3. The highest BCUT2D eigenvalue weighted by molar-refractivity contribution is 7.98. The first kappa shape index (κ1) is 29.0. The highest BCUT2D eigenvalue weighted by atomic mass is 35.5. The molecule has 0 fully saturated rings. The molecule has 9 heteroatoms. The largest absolute Gasteiger partial charge is 0.497 e. The first-order valence-corrected chi connectivity index (χ1v) is 14.7. The Kier molecular flexibility index (Phi) is 10.3. The fourth-order valence-corrected chi connectivity index (χ4v) is 5.46. The lowest BCUT2D eigenvalue weighted by Crippen LogP contribution is -2.28. The predicted molar refractivity (Wildman–Crippen MR) is 159 cm³/mol. The maximum atomic E-state index is 13.1. The Morgan fingerprint density at radius 1 is 1.03 bits per heavy atom. The number of unbranched alkanes of at least 4 members (excludes halogenated alkanes) is 2. The van der Waals surface area contributed by atoms with Crippen LogP contribution in [0.4, 0.5) is 0 Å². The number of hydrogen-bond acceptors (Lipinski definition) is 5. The summed E-state index contributed by atoms with van der Waals surface area (Å²) in [6.07, 6.45) is 4.56. The lowest BCUT2D eigenvalue weighted by molar-refractivity contribution is 0.0938. The standard InChI is InChI=1S/C30H32Cl2N4O2S/c1-4-5-6-8-21-11-13-23(14-12-21)29(37)33-20(2)28-34-35-30(36(28)27-18-24(31)15-16-26(27)32)39-19-22-9-7-10-25(17-22)38-3/h7,9-18,20H,4-6,8,19H2,1-3H3,(H,33,37). The number of amides is 1. The molecule has 1 amide bonds. The number of carbonyl (C=O) groups is 1. The Balaban J connectivity index is 1.57. The number of ether oxygens (including phenoxy) is 1. The minimum absolute atomic E-state index is 0.181. The molecule has 0 radical (unpaired) electrons. The van der Waals surface area contributed by atoms with Gasteiger partial charge in [-0.2, -0.15) is 0 Å². The molecule has 1 aromatic heterocycles. The third kappa shape index (κ3) is 7.56. The quantitative estimate of drug-likeness (QED) is 0.135. The zero-order valence-corrected chi connectivity index (χ0v) is 24.6. The first-order valence-electron chi connectivity index (χ1n) is 13.0. The Bertz CT molecular complexity index is 1410. The van der Waals surface area contributed by atoms with Crippen LogP contribution in [0.5, 0.6) is 5.75 Å². The zero-order valence-electron chi connectivity index (χ0n) is 22.3. The molecule has 0 aliphatic rings. The lowest BCUT2D eigenvalue weighted by atomic mass is 10.0. The van der Waals surface area contributed by atoms with Crippen LogP contribution in [-0.2, 0) is 12.2 Å². The molecule has 1 N–H and O–H groups in total. The van der Waals surface area contributed by atoms with Crippen LogP contribution in [0.2, 0.25) is 10.0 Å². The van der Waals surface area contributed by atoms with Gasteiger partial charge in [-0.25, -0.2) is 0 Å². The van der Waals surface area contributed by atoms with Crippen molar-refractivity contribution in [3.63, 3.8) is 0 Å². The van der Waals surface area contributed by atoms with E-state index in [2.05, 4.69) is 22.4 Å². The van der Waals surface area contributed by atoms with E-state index in [0.717, 1.165) is 24.2 Å². The number of carbonyl (C=O) groups excluding carboxylic acids is 1. The van der Waals surface area contributed by atoms with Crippen LogP contribution in [0, 0.1) is 0 Å². The molecule has 4 aromatic rings. The van der Waals surface area contributed by atoms with Crippen LogP contribution in [0.25, 0.3) is 5.69 Å². The molecule has 1 unspecified atom stereocenters. The molecule has 0 aliphatic heterocycles. The van der Waals surface area contributed by atoms with E-state index in [-0.39, 0.29) is 5.91 Å². The zero-order chi connectivity index (χ0) is 27.8. The molecule has 0 aliphatic carbocycles. The van der Waals surface area contributed by atoms with Crippen molar-refractivity contribution in [2.45, 2.75) is 56.5 Å². The van der Waals surface area contributed by atoms with Crippen LogP contribution in [0.3, 0.4) is 0 Å². The summed E-state index contributed by atoms with van der Waals surface area (Å²) in [6.45, 7) is 4.07. The van der Waals surface area contributed by atoms with Gasteiger partial charge in [0.1, 0.15) is 5.75 Å². The van der Waals surface area contributed by atoms with Gasteiger partial charge in [-0.15, -0.1) is 10.2 Å². The summed E-state index contributed by atoms with van der Waals surface area (Å²) in [5.41, 5.74) is 3.56. The molecule has 0 spiro atoms. The molecular formula is C30H32Cl2N4O2S. The summed E-state index contributed by atoms with van der Waals surface area (Å²) in [6, 6.07) is 20.5. The molecule has 1 heterocycles. The highest BCUT2D eigenvalue weighted by Gasteiger charge is 2.23. The second-order valence-electron chi connectivity index (χ2n) is 9.26. The van der Waals surface area contributed by atoms with Gasteiger partial charge in [0.25, 0.3) is 5.91 Å². The second-order valence-corrected chi connectivity index (χ2v) is 11.0. The van der Waals surface area contributed by atoms with Crippen molar-refractivity contribution in [3.8, 4) is 11.4 Å². The summed E-state index contributed by atoms with van der Waals surface area (Å²) in [7, 11) is 1.65. The van der Waals surface area contributed by atoms with E-state index in [0.29, 0.717) is 38.0 Å². The number of aryl methyl sites for hydroxylation is 1. The molecular weight excluding hydrogens is 551 g/mol. The summed E-state index contributed by atoms with van der Waals surface area (Å²) >= 11 is 14.5. The van der Waals surface area contributed by atoms with Crippen molar-refractivity contribution >= 4 is 40.9 Å². The van der Waals surface area contributed by atoms with Gasteiger partial charge in [-0.1, -0.05) is 79.0 Å². The normalized spacial score (nSPS) is 11.8. The van der Waals surface area contributed by atoms with Gasteiger partial charge in [-0.05, 0) is 73.4 Å². The van der Waals surface area contributed by atoms with Gasteiger partial charge >= 0.3 is 0 Å². The van der Waals surface area contributed by atoms with Crippen molar-refractivity contribution in [1.82, 2.24) is 20.1 Å². The van der Waals surface area contributed by atoms with E-state index in [1.807, 2.05) is 60.0 Å². The molecule has 0 saturated heterocycles. The van der Waals surface area contributed by atoms with Crippen molar-refractivity contribution in [1.29, 1.82) is 0 Å². The maximum absolute atomic E-state index is 13.1. The Labute approximate surface area is 244 Å². The molecule has 204 valence electrons. The number of aromatic nitrogens is 3. The second kappa shape index (κ2) is 13.9. The van der Waals surface area contributed by atoms with Crippen molar-refractivity contribution in [2.24, 2.45) is 0 Å². The number of nitrogens with zero attached hydrogens (tertiary/aromatic N) is 3. The van der Waals surface area contributed by atoms with Gasteiger partial charge in [0, 0.05) is 16.3 Å². The van der Waals surface area contributed by atoms with Gasteiger partial charge in [0.05, 0.1) is 23.9 Å². The highest BCUT2D eigenvalue weighted by Crippen LogP contribution is 2.33. The van der Waals surface area contributed by atoms with Gasteiger partial charge in [0.2, 0.25) is 0 Å². The van der Waals surface area contributed by atoms with Gasteiger partial charge in [-0.3, -0.25) is 9.36 Å².